The highest BCUT2D eigenvalue weighted by Crippen LogP contribution is 2.51. The highest BCUT2D eigenvalue weighted by Gasteiger charge is 2.59. The van der Waals surface area contributed by atoms with Crippen molar-refractivity contribution in [1.29, 1.82) is 0 Å². The maximum atomic E-state index is 9.93. The first kappa shape index (κ1) is 26.8. The summed E-state index contributed by atoms with van der Waals surface area (Å²) >= 11 is 0. The molecule has 198 valence electrons. The van der Waals surface area contributed by atoms with Gasteiger partial charge in [0.1, 0.15) is 18.5 Å². The third kappa shape index (κ3) is 5.86. The number of benzene rings is 1. The molecule has 3 saturated heterocycles. The van der Waals surface area contributed by atoms with Gasteiger partial charge in [0.2, 0.25) is 0 Å². The minimum Gasteiger partial charge on any atom is -0.491 e. The molecule has 3 fully saturated rings. The smallest absolute Gasteiger partial charge is 0.172 e. The van der Waals surface area contributed by atoms with Gasteiger partial charge < -0.3 is 24.1 Å². The molecule has 1 spiro atoms. The van der Waals surface area contributed by atoms with Crippen molar-refractivity contribution in [2.24, 2.45) is 5.41 Å². The summed E-state index contributed by atoms with van der Waals surface area (Å²) in [6.45, 7) is 14.2. The van der Waals surface area contributed by atoms with E-state index in [9.17, 15) is 5.11 Å². The van der Waals surface area contributed by atoms with Crippen molar-refractivity contribution in [2.75, 3.05) is 39.6 Å². The van der Waals surface area contributed by atoms with Gasteiger partial charge in [-0.05, 0) is 57.2 Å². The van der Waals surface area contributed by atoms with Crippen LogP contribution in [0.2, 0.25) is 0 Å². The Hall–Kier alpha value is -1.22. The van der Waals surface area contributed by atoms with Crippen LogP contribution >= 0.6 is 0 Å². The number of nitrogens with zero attached hydrogens (tertiary/aromatic N) is 1. The molecule has 0 saturated carbocycles. The lowest BCUT2D eigenvalue weighted by atomic mass is 9.72. The molecule has 1 aromatic carbocycles. The zero-order valence-electron chi connectivity index (χ0n) is 22.3. The number of aliphatic hydroxyl groups is 1. The van der Waals surface area contributed by atoms with Crippen LogP contribution in [0, 0.1) is 5.41 Å². The normalized spacial score (nSPS) is 32.0. The van der Waals surface area contributed by atoms with Gasteiger partial charge in [0.25, 0.3) is 0 Å². The van der Waals surface area contributed by atoms with Gasteiger partial charge in [-0.1, -0.05) is 32.9 Å². The van der Waals surface area contributed by atoms with Crippen molar-refractivity contribution in [2.45, 2.75) is 96.1 Å². The highest BCUT2D eigenvalue weighted by atomic mass is 16.7. The van der Waals surface area contributed by atoms with Gasteiger partial charge in [-0.15, -0.1) is 0 Å². The van der Waals surface area contributed by atoms with E-state index >= 15 is 0 Å². The molecule has 1 unspecified atom stereocenters. The molecule has 1 aromatic rings. The second kappa shape index (κ2) is 10.6. The first-order chi connectivity index (χ1) is 16.7. The van der Waals surface area contributed by atoms with E-state index in [2.05, 4.69) is 51.8 Å². The number of ether oxygens (including phenoxy) is 4. The Bertz CT molecular complexity index is 803. The quantitative estimate of drug-likeness (QED) is 0.457. The van der Waals surface area contributed by atoms with Gasteiger partial charge >= 0.3 is 0 Å². The number of piperidine rings is 1. The number of aliphatic hydroxyl groups excluding tert-OH is 1. The van der Waals surface area contributed by atoms with Gasteiger partial charge in [-0.3, -0.25) is 4.84 Å². The molecule has 1 atom stereocenters. The van der Waals surface area contributed by atoms with Crippen molar-refractivity contribution in [1.82, 2.24) is 5.06 Å². The average molecular weight is 492 g/mol. The molecule has 3 heterocycles. The maximum absolute atomic E-state index is 9.93. The Kier molecular flexibility index (Phi) is 8.16. The number of hydrogen-bond acceptors (Lipinski definition) is 7. The molecule has 0 aliphatic carbocycles. The fourth-order valence-corrected chi connectivity index (χ4v) is 5.73. The number of hydroxylamine groups is 2. The SMILES string of the molecule is CCC1(CO)COC2(CC(C)(C)N(OCCc3ccc(OCC4CO4)cc3)C(CC)(CC)C2)OC1. The second-order valence-electron chi connectivity index (χ2n) is 11.4. The molecule has 1 N–H and O–H groups in total. The Morgan fingerprint density at radius 3 is 2.20 bits per heavy atom. The molecule has 3 aliphatic rings. The van der Waals surface area contributed by atoms with Crippen LogP contribution in [0.25, 0.3) is 0 Å². The Morgan fingerprint density at radius 2 is 1.66 bits per heavy atom. The summed E-state index contributed by atoms with van der Waals surface area (Å²) in [6, 6.07) is 8.27. The topological polar surface area (TPSA) is 72.9 Å². The molecular weight excluding hydrogens is 446 g/mol. The summed E-state index contributed by atoms with van der Waals surface area (Å²) in [5.74, 6) is 0.245. The lowest BCUT2D eigenvalue weighted by Gasteiger charge is -2.61. The Balaban J connectivity index is 1.39. The van der Waals surface area contributed by atoms with Gasteiger partial charge in [-0.2, -0.15) is 5.06 Å². The van der Waals surface area contributed by atoms with Gasteiger partial charge in [0, 0.05) is 23.8 Å². The minimum atomic E-state index is -0.634. The van der Waals surface area contributed by atoms with E-state index < -0.39 is 5.79 Å². The minimum absolute atomic E-state index is 0.0902. The third-order valence-corrected chi connectivity index (χ3v) is 8.34. The van der Waals surface area contributed by atoms with E-state index in [-0.39, 0.29) is 29.2 Å². The molecule has 0 radical (unpaired) electrons. The summed E-state index contributed by atoms with van der Waals surface area (Å²) in [5, 5.41) is 12.2. The number of rotatable bonds is 11. The van der Waals surface area contributed by atoms with Gasteiger partial charge in [0.05, 0.1) is 38.6 Å². The predicted octanol–water partition coefficient (Wildman–Crippen LogP) is 4.50. The van der Waals surface area contributed by atoms with Crippen LogP contribution in [0.15, 0.2) is 24.3 Å². The monoisotopic (exact) mass is 491 g/mol. The largest absolute Gasteiger partial charge is 0.491 e. The standard InChI is InChI=1S/C28H45NO6/c1-6-26(19-30)20-33-28(34-21-26)17-25(4,5)29(27(7-2,8-3)18-28)35-14-13-22-9-11-23(12-10-22)31-15-24-16-32-24/h9-12,24,30H,6-8,13-21H2,1-5H3. The van der Waals surface area contributed by atoms with E-state index in [4.69, 9.17) is 23.8 Å². The molecule has 35 heavy (non-hydrogen) atoms. The summed E-state index contributed by atoms with van der Waals surface area (Å²) in [5.41, 5.74) is 0.480. The Morgan fingerprint density at radius 1 is 1.00 bits per heavy atom. The van der Waals surface area contributed by atoms with Crippen LogP contribution in [0.4, 0.5) is 0 Å². The van der Waals surface area contributed by atoms with Crippen LogP contribution in [0.5, 0.6) is 5.75 Å². The first-order valence-electron chi connectivity index (χ1n) is 13.4. The Labute approximate surface area is 211 Å². The number of hydrogen-bond donors (Lipinski definition) is 1. The first-order valence-corrected chi connectivity index (χ1v) is 13.4. The fraction of sp³-hybridized carbons (Fsp3) is 0.786. The zero-order valence-corrected chi connectivity index (χ0v) is 22.3. The van der Waals surface area contributed by atoms with E-state index in [1.54, 1.807) is 0 Å². The average Bonchev–Trinajstić information content (AvgIpc) is 3.70. The van der Waals surface area contributed by atoms with Crippen LogP contribution in [-0.2, 0) is 25.5 Å². The van der Waals surface area contributed by atoms with E-state index in [1.165, 1.54) is 5.56 Å². The maximum Gasteiger partial charge on any atom is 0.172 e. The van der Waals surface area contributed by atoms with E-state index in [1.807, 2.05) is 12.1 Å². The van der Waals surface area contributed by atoms with E-state index in [0.29, 0.717) is 26.4 Å². The van der Waals surface area contributed by atoms with Gasteiger partial charge in [-0.25, -0.2) is 0 Å². The van der Waals surface area contributed by atoms with Crippen LogP contribution < -0.4 is 4.74 Å². The summed E-state index contributed by atoms with van der Waals surface area (Å²) in [4.78, 5) is 6.57. The fourth-order valence-electron chi connectivity index (χ4n) is 5.73. The summed E-state index contributed by atoms with van der Waals surface area (Å²) in [6.07, 6.45) is 5.31. The van der Waals surface area contributed by atoms with E-state index in [0.717, 1.165) is 50.9 Å². The van der Waals surface area contributed by atoms with Crippen LogP contribution in [0.1, 0.15) is 72.3 Å². The molecule has 0 aromatic heterocycles. The van der Waals surface area contributed by atoms with Crippen LogP contribution in [-0.4, -0.2) is 72.8 Å². The molecule has 0 bridgehead atoms. The predicted molar refractivity (Wildman–Crippen MR) is 134 cm³/mol. The van der Waals surface area contributed by atoms with Crippen molar-refractivity contribution in [3.8, 4) is 5.75 Å². The van der Waals surface area contributed by atoms with Crippen molar-refractivity contribution in [3.63, 3.8) is 0 Å². The molecule has 7 heteroatoms. The molecule has 0 amide bonds. The summed E-state index contributed by atoms with van der Waals surface area (Å²) in [7, 11) is 0. The zero-order chi connectivity index (χ0) is 25.2. The molecule has 3 aliphatic heterocycles. The van der Waals surface area contributed by atoms with Crippen molar-refractivity contribution >= 4 is 0 Å². The molecule has 4 rings (SSSR count). The number of epoxide rings is 1. The molecular formula is C28H45NO6. The lowest BCUT2D eigenvalue weighted by Crippen LogP contribution is -2.69. The molecule has 7 nitrogen and oxygen atoms in total. The van der Waals surface area contributed by atoms with Crippen molar-refractivity contribution in [3.05, 3.63) is 29.8 Å². The van der Waals surface area contributed by atoms with Crippen LogP contribution in [0.3, 0.4) is 0 Å². The van der Waals surface area contributed by atoms with Gasteiger partial charge in [0.15, 0.2) is 5.79 Å². The summed E-state index contributed by atoms with van der Waals surface area (Å²) < 4.78 is 23.9. The second-order valence-corrected chi connectivity index (χ2v) is 11.4. The highest BCUT2D eigenvalue weighted by molar-refractivity contribution is 5.27. The van der Waals surface area contributed by atoms with Crippen molar-refractivity contribution < 1.29 is 28.9 Å². The third-order valence-electron chi connectivity index (χ3n) is 8.34. The lowest BCUT2D eigenvalue weighted by molar-refractivity contribution is -0.389.